The lowest BCUT2D eigenvalue weighted by molar-refractivity contribution is -0.215. The van der Waals surface area contributed by atoms with E-state index in [1.807, 2.05) is 0 Å². The topological polar surface area (TPSA) is 138 Å². The van der Waals surface area contributed by atoms with Crippen LogP contribution < -0.4 is 0 Å². The SMILES string of the molecule is CO[C@H]1[C@H](O)[C@@H](O[C@H]2[C@H](O)[C@@H](O)O[C@@H]2CO)O[C@@H]1CO. The van der Waals surface area contributed by atoms with Gasteiger partial charge < -0.3 is 44.5 Å². The van der Waals surface area contributed by atoms with Crippen molar-refractivity contribution >= 4 is 0 Å². The predicted octanol–water partition coefficient (Wildman–Crippen LogP) is -3.46. The van der Waals surface area contributed by atoms with Gasteiger partial charge in [0.15, 0.2) is 12.6 Å². The second-order valence-corrected chi connectivity index (χ2v) is 4.76. The monoisotopic (exact) mass is 296 g/mol. The smallest absolute Gasteiger partial charge is 0.187 e. The summed E-state index contributed by atoms with van der Waals surface area (Å²) in [6.07, 6.45) is -8.76. The number of rotatable bonds is 5. The van der Waals surface area contributed by atoms with Crippen molar-refractivity contribution in [3.8, 4) is 0 Å². The van der Waals surface area contributed by atoms with Gasteiger partial charge >= 0.3 is 0 Å². The molecular formula is C11H20O9. The van der Waals surface area contributed by atoms with Crippen LogP contribution in [0.2, 0.25) is 0 Å². The van der Waals surface area contributed by atoms with Crippen LogP contribution in [0, 0.1) is 0 Å². The highest BCUT2D eigenvalue weighted by Crippen LogP contribution is 2.30. The minimum Gasteiger partial charge on any atom is -0.394 e. The minimum absolute atomic E-state index is 0.370. The molecule has 0 saturated carbocycles. The molecule has 2 rings (SSSR count). The molecule has 2 heterocycles. The molecular weight excluding hydrogens is 276 g/mol. The fourth-order valence-electron chi connectivity index (χ4n) is 2.44. The van der Waals surface area contributed by atoms with Crippen LogP contribution >= 0.6 is 0 Å². The van der Waals surface area contributed by atoms with Crippen LogP contribution in [0.15, 0.2) is 0 Å². The molecule has 0 aromatic heterocycles. The quantitative estimate of drug-likeness (QED) is 0.350. The Labute approximate surface area is 115 Å². The van der Waals surface area contributed by atoms with E-state index in [-0.39, 0.29) is 6.61 Å². The maximum Gasteiger partial charge on any atom is 0.187 e. The van der Waals surface area contributed by atoms with Gasteiger partial charge in [-0.1, -0.05) is 0 Å². The minimum atomic E-state index is -1.48. The summed E-state index contributed by atoms with van der Waals surface area (Å²) in [7, 11) is 1.36. The summed E-state index contributed by atoms with van der Waals surface area (Å²) in [5.41, 5.74) is 0. The average Bonchev–Trinajstić information content (AvgIpc) is 2.90. The number of aliphatic hydroxyl groups excluding tert-OH is 5. The van der Waals surface area contributed by atoms with Crippen LogP contribution in [0.5, 0.6) is 0 Å². The van der Waals surface area contributed by atoms with Crippen LogP contribution in [-0.2, 0) is 18.9 Å². The van der Waals surface area contributed by atoms with Crippen molar-refractivity contribution in [3.05, 3.63) is 0 Å². The van der Waals surface area contributed by atoms with Gasteiger partial charge in [-0.2, -0.15) is 0 Å². The second-order valence-electron chi connectivity index (χ2n) is 4.76. The molecule has 0 aromatic carbocycles. The van der Waals surface area contributed by atoms with Crippen molar-refractivity contribution in [3.63, 3.8) is 0 Å². The zero-order chi connectivity index (χ0) is 14.9. The summed E-state index contributed by atoms with van der Waals surface area (Å²) in [5, 5.41) is 47.3. The predicted molar refractivity (Wildman–Crippen MR) is 61.4 cm³/mol. The number of methoxy groups -OCH3 is 1. The summed E-state index contributed by atoms with van der Waals surface area (Å²) in [6, 6.07) is 0. The first-order valence-corrected chi connectivity index (χ1v) is 6.28. The largest absolute Gasteiger partial charge is 0.394 e. The summed E-state index contributed by atoms with van der Waals surface area (Å²) < 4.78 is 20.6. The first-order valence-electron chi connectivity index (χ1n) is 6.28. The van der Waals surface area contributed by atoms with Gasteiger partial charge in [0.2, 0.25) is 0 Å². The van der Waals surface area contributed by atoms with Gasteiger partial charge in [-0.05, 0) is 0 Å². The highest BCUT2D eigenvalue weighted by molar-refractivity contribution is 4.92. The maximum absolute atomic E-state index is 9.99. The summed E-state index contributed by atoms with van der Waals surface area (Å²) in [4.78, 5) is 0. The third-order valence-electron chi connectivity index (χ3n) is 3.52. The van der Waals surface area contributed by atoms with Crippen molar-refractivity contribution in [2.45, 2.75) is 49.2 Å². The lowest BCUT2D eigenvalue weighted by atomic mass is 10.1. The molecule has 0 spiro atoms. The molecule has 0 aliphatic carbocycles. The average molecular weight is 296 g/mol. The molecule has 2 aliphatic heterocycles. The third kappa shape index (κ3) is 2.82. The standard InChI is InChI=1S/C11H20O9/c1-17-8-4(2-12)19-11(7(8)15)20-9-5(3-13)18-10(16)6(9)14/h4-16H,2-3H2,1H3/t4-,5-,6+,7+,8-,9-,10+,11-/m1/s1. The molecule has 0 bridgehead atoms. The molecule has 20 heavy (non-hydrogen) atoms. The molecule has 2 saturated heterocycles. The van der Waals surface area contributed by atoms with Crippen molar-refractivity contribution in [1.82, 2.24) is 0 Å². The Morgan fingerprint density at radius 2 is 1.50 bits per heavy atom. The number of ether oxygens (including phenoxy) is 4. The molecule has 0 amide bonds. The molecule has 0 radical (unpaired) electrons. The second kappa shape index (κ2) is 6.60. The highest BCUT2D eigenvalue weighted by atomic mass is 16.7. The third-order valence-corrected chi connectivity index (χ3v) is 3.52. The fourth-order valence-corrected chi connectivity index (χ4v) is 2.44. The van der Waals surface area contributed by atoms with E-state index in [2.05, 4.69) is 0 Å². The van der Waals surface area contributed by atoms with Crippen LogP contribution in [0.3, 0.4) is 0 Å². The molecule has 118 valence electrons. The van der Waals surface area contributed by atoms with Crippen LogP contribution in [0.4, 0.5) is 0 Å². The van der Waals surface area contributed by atoms with E-state index in [1.165, 1.54) is 7.11 Å². The Hall–Kier alpha value is -0.360. The van der Waals surface area contributed by atoms with Gasteiger partial charge in [-0.25, -0.2) is 0 Å². The van der Waals surface area contributed by atoms with Gasteiger partial charge in [0, 0.05) is 7.11 Å². The van der Waals surface area contributed by atoms with Crippen LogP contribution in [0.1, 0.15) is 0 Å². The van der Waals surface area contributed by atoms with Crippen molar-refractivity contribution in [2.75, 3.05) is 20.3 Å². The number of aliphatic hydroxyl groups is 5. The molecule has 2 aliphatic rings. The normalized spacial score (nSPS) is 48.9. The lowest BCUT2D eigenvalue weighted by Crippen LogP contribution is -2.43. The Morgan fingerprint density at radius 1 is 0.900 bits per heavy atom. The van der Waals surface area contributed by atoms with E-state index < -0.39 is 55.8 Å². The van der Waals surface area contributed by atoms with Crippen molar-refractivity contribution in [2.24, 2.45) is 0 Å². The van der Waals surface area contributed by atoms with Gasteiger partial charge in [0.1, 0.15) is 36.6 Å². The summed E-state index contributed by atoms with van der Waals surface area (Å²) >= 11 is 0. The molecule has 8 atom stereocenters. The van der Waals surface area contributed by atoms with Gasteiger partial charge in [-0.15, -0.1) is 0 Å². The first kappa shape index (κ1) is 16.0. The number of hydrogen-bond acceptors (Lipinski definition) is 9. The Morgan fingerprint density at radius 3 is 2.00 bits per heavy atom. The maximum atomic E-state index is 9.99. The van der Waals surface area contributed by atoms with Crippen molar-refractivity contribution in [1.29, 1.82) is 0 Å². The van der Waals surface area contributed by atoms with E-state index in [0.29, 0.717) is 0 Å². The Balaban J connectivity index is 2.02. The number of hydrogen-bond donors (Lipinski definition) is 5. The Bertz CT molecular complexity index is 314. The van der Waals surface area contributed by atoms with E-state index >= 15 is 0 Å². The molecule has 9 heteroatoms. The van der Waals surface area contributed by atoms with E-state index in [1.54, 1.807) is 0 Å². The van der Waals surface area contributed by atoms with E-state index in [0.717, 1.165) is 0 Å². The molecule has 5 N–H and O–H groups in total. The van der Waals surface area contributed by atoms with E-state index in [9.17, 15) is 15.3 Å². The van der Waals surface area contributed by atoms with Gasteiger partial charge in [0.05, 0.1) is 13.2 Å². The van der Waals surface area contributed by atoms with Crippen molar-refractivity contribution < 1.29 is 44.5 Å². The molecule has 9 nitrogen and oxygen atoms in total. The van der Waals surface area contributed by atoms with Crippen LogP contribution in [0.25, 0.3) is 0 Å². The molecule has 0 unspecified atom stereocenters. The van der Waals surface area contributed by atoms with Gasteiger partial charge in [0.25, 0.3) is 0 Å². The zero-order valence-corrected chi connectivity index (χ0v) is 10.9. The first-order chi connectivity index (χ1) is 9.53. The van der Waals surface area contributed by atoms with Gasteiger partial charge in [-0.3, -0.25) is 0 Å². The van der Waals surface area contributed by atoms with Crippen LogP contribution in [-0.4, -0.2) is 95.1 Å². The zero-order valence-electron chi connectivity index (χ0n) is 10.9. The summed E-state index contributed by atoms with van der Waals surface area (Å²) in [6.45, 7) is -0.843. The van der Waals surface area contributed by atoms with E-state index in [4.69, 9.17) is 29.2 Å². The molecule has 2 fully saturated rings. The fraction of sp³-hybridized carbons (Fsp3) is 1.00. The highest BCUT2D eigenvalue weighted by Gasteiger charge is 2.50. The molecule has 0 aromatic rings. The Kier molecular flexibility index (Phi) is 5.29. The lowest BCUT2D eigenvalue weighted by Gasteiger charge is -2.24. The summed E-state index contributed by atoms with van der Waals surface area (Å²) in [5.74, 6) is 0.